The Morgan fingerprint density at radius 3 is 2.34 bits per heavy atom. The predicted octanol–water partition coefficient (Wildman–Crippen LogP) is 3.74. The number of amides is 2. The Morgan fingerprint density at radius 1 is 0.906 bits per heavy atom. The molecule has 2 aliphatic heterocycles. The Hall–Kier alpha value is -3.74. The van der Waals surface area contributed by atoms with Crippen molar-refractivity contribution in [1.82, 2.24) is 10.2 Å². The molecule has 0 aliphatic carbocycles. The first-order chi connectivity index (χ1) is 15.7. The predicted molar refractivity (Wildman–Crippen MR) is 124 cm³/mol. The molecular weight excluding hydrogens is 402 g/mol. The van der Waals surface area contributed by atoms with Gasteiger partial charge in [0.05, 0.1) is 11.6 Å². The summed E-state index contributed by atoms with van der Waals surface area (Å²) >= 11 is 0. The van der Waals surface area contributed by atoms with Gasteiger partial charge < -0.3 is 15.1 Å². The van der Waals surface area contributed by atoms with Gasteiger partial charge in [-0.2, -0.15) is 0 Å². The molecule has 1 aromatic heterocycles. The normalized spacial score (nSPS) is 18.2. The number of benzene rings is 2. The number of carbonyl (C=O) groups excluding carboxylic acids is 2. The second-order valence-electron chi connectivity index (χ2n) is 8.28. The van der Waals surface area contributed by atoms with Crippen LogP contribution in [0, 0.1) is 5.92 Å². The molecule has 1 atom stereocenters. The SMILES string of the molecule is O=C(Nc1ccc(-c2ccc(N3CCCC3)nn2)cc1)C1CC(=O)N(c2ccccc2)C1. The maximum atomic E-state index is 12.7. The number of para-hydroxylation sites is 1. The summed E-state index contributed by atoms with van der Waals surface area (Å²) in [6.07, 6.45) is 2.63. The second kappa shape index (κ2) is 8.78. The molecule has 2 saturated heterocycles. The summed E-state index contributed by atoms with van der Waals surface area (Å²) in [5.74, 6) is 0.388. The average Bonchev–Trinajstić information content (AvgIpc) is 3.51. The highest BCUT2D eigenvalue weighted by atomic mass is 16.2. The van der Waals surface area contributed by atoms with Crippen LogP contribution in [-0.4, -0.2) is 41.6 Å². The van der Waals surface area contributed by atoms with Crippen molar-refractivity contribution in [3.63, 3.8) is 0 Å². The van der Waals surface area contributed by atoms with Crippen LogP contribution in [0.1, 0.15) is 19.3 Å². The lowest BCUT2D eigenvalue weighted by Crippen LogP contribution is -2.28. The number of nitrogens with zero attached hydrogens (tertiary/aromatic N) is 4. The maximum absolute atomic E-state index is 12.7. The number of hydrogen-bond acceptors (Lipinski definition) is 5. The third-order valence-corrected chi connectivity index (χ3v) is 6.09. The fourth-order valence-corrected chi connectivity index (χ4v) is 4.30. The second-order valence-corrected chi connectivity index (χ2v) is 8.28. The largest absolute Gasteiger partial charge is 0.355 e. The minimum atomic E-state index is -0.369. The number of anilines is 3. The van der Waals surface area contributed by atoms with E-state index in [2.05, 4.69) is 20.4 Å². The molecule has 3 heterocycles. The van der Waals surface area contributed by atoms with Crippen molar-refractivity contribution in [2.75, 3.05) is 34.8 Å². The van der Waals surface area contributed by atoms with Crippen molar-refractivity contribution in [2.45, 2.75) is 19.3 Å². The fraction of sp³-hybridized carbons (Fsp3) is 0.280. The molecule has 2 aromatic carbocycles. The molecule has 0 bridgehead atoms. The fourth-order valence-electron chi connectivity index (χ4n) is 4.30. The molecular formula is C25H25N5O2. The molecule has 7 heteroatoms. The molecule has 5 rings (SSSR count). The first-order valence-corrected chi connectivity index (χ1v) is 11.0. The molecule has 2 aliphatic rings. The Morgan fingerprint density at radius 2 is 1.66 bits per heavy atom. The summed E-state index contributed by atoms with van der Waals surface area (Å²) in [4.78, 5) is 29.1. The van der Waals surface area contributed by atoms with Crippen molar-refractivity contribution in [2.24, 2.45) is 5.92 Å². The summed E-state index contributed by atoms with van der Waals surface area (Å²) in [7, 11) is 0. The van der Waals surface area contributed by atoms with Crippen LogP contribution in [-0.2, 0) is 9.59 Å². The minimum absolute atomic E-state index is 0.0253. The van der Waals surface area contributed by atoms with Gasteiger partial charge in [0.2, 0.25) is 11.8 Å². The smallest absolute Gasteiger partial charge is 0.229 e. The Balaban J connectivity index is 1.21. The van der Waals surface area contributed by atoms with Crippen molar-refractivity contribution in [1.29, 1.82) is 0 Å². The van der Waals surface area contributed by atoms with E-state index in [1.807, 2.05) is 66.7 Å². The molecule has 162 valence electrons. The Kier molecular flexibility index (Phi) is 5.54. The lowest BCUT2D eigenvalue weighted by molar-refractivity contribution is -0.122. The van der Waals surface area contributed by atoms with Gasteiger partial charge in [-0.25, -0.2) is 0 Å². The maximum Gasteiger partial charge on any atom is 0.229 e. The number of hydrogen-bond donors (Lipinski definition) is 1. The average molecular weight is 428 g/mol. The highest BCUT2D eigenvalue weighted by molar-refractivity contribution is 6.03. The van der Waals surface area contributed by atoms with E-state index in [0.717, 1.165) is 35.9 Å². The molecule has 7 nitrogen and oxygen atoms in total. The van der Waals surface area contributed by atoms with Gasteiger partial charge in [0.25, 0.3) is 0 Å². The molecule has 1 unspecified atom stereocenters. The number of carbonyl (C=O) groups is 2. The molecule has 0 spiro atoms. The van der Waals surface area contributed by atoms with Gasteiger partial charge in [-0.05, 0) is 49.2 Å². The van der Waals surface area contributed by atoms with Gasteiger partial charge in [0, 0.05) is 43.0 Å². The zero-order valence-electron chi connectivity index (χ0n) is 17.8. The molecule has 2 fully saturated rings. The topological polar surface area (TPSA) is 78.4 Å². The lowest BCUT2D eigenvalue weighted by Gasteiger charge is -2.16. The van der Waals surface area contributed by atoms with Crippen molar-refractivity contribution in [3.8, 4) is 11.3 Å². The van der Waals surface area contributed by atoms with E-state index in [4.69, 9.17) is 0 Å². The summed E-state index contributed by atoms with van der Waals surface area (Å²) in [6, 6.07) is 21.0. The van der Waals surface area contributed by atoms with E-state index in [1.54, 1.807) is 4.90 Å². The molecule has 3 aromatic rings. The summed E-state index contributed by atoms with van der Waals surface area (Å²) in [5.41, 5.74) is 3.26. The Bertz CT molecular complexity index is 1090. The van der Waals surface area contributed by atoms with E-state index in [0.29, 0.717) is 12.2 Å². The molecule has 0 saturated carbocycles. The lowest BCUT2D eigenvalue weighted by atomic mass is 10.1. The first kappa shape index (κ1) is 20.2. The minimum Gasteiger partial charge on any atom is -0.355 e. The van der Waals surface area contributed by atoms with Crippen LogP contribution in [0.2, 0.25) is 0 Å². The first-order valence-electron chi connectivity index (χ1n) is 11.0. The van der Waals surface area contributed by atoms with Gasteiger partial charge in [0.15, 0.2) is 5.82 Å². The van der Waals surface area contributed by atoms with Gasteiger partial charge in [0.1, 0.15) is 0 Å². The molecule has 1 N–H and O–H groups in total. The standard InChI is InChI=1S/C25H25N5O2/c31-24-16-19(17-30(24)21-6-2-1-3-7-21)25(32)26-20-10-8-18(9-11-20)22-12-13-23(28-27-22)29-14-4-5-15-29/h1-3,6-13,19H,4-5,14-17H2,(H,26,32). The van der Waals surface area contributed by atoms with Crippen molar-refractivity contribution >= 4 is 29.0 Å². The van der Waals surface area contributed by atoms with Crippen LogP contribution in [0.3, 0.4) is 0 Å². The van der Waals surface area contributed by atoms with E-state index in [9.17, 15) is 9.59 Å². The van der Waals surface area contributed by atoms with E-state index < -0.39 is 0 Å². The number of rotatable bonds is 5. The third kappa shape index (κ3) is 4.19. The van der Waals surface area contributed by atoms with Crippen LogP contribution in [0.25, 0.3) is 11.3 Å². The van der Waals surface area contributed by atoms with Crippen LogP contribution >= 0.6 is 0 Å². The van der Waals surface area contributed by atoms with Gasteiger partial charge in [-0.1, -0.05) is 30.3 Å². The van der Waals surface area contributed by atoms with Crippen LogP contribution in [0.4, 0.5) is 17.2 Å². The summed E-state index contributed by atoms with van der Waals surface area (Å²) in [5, 5.41) is 11.7. The summed E-state index contributed by atoms with van der Waals surface area (Å²) < 4.78 is 0. The molecule has 32 heavy (non-hydrogen) atoms. The molecule has 0 radical (unpaired) electrons. The zero-order chi connectivity index (χ0) is 21.9. The van der Waals surface area contributed by atoms with Crippen molar-refractivity contribution < 1.29 is 9.59 Å². The Labute approximate surface area is 187 Å². The monoisotopic (exact) mass is 427 g/mol. The number of nitrogens with one attached hydrogen (secondary N) is 1. The van der Waals surface area contributed by atoms with Gasteiger partial charge in [-0.15, -0.1) is 10.2 Å². The highest BCUT2D eigenvalue weighted by Gasteiger charge is 2.35. The van der Waals surface area contributed by atoms with E-state index >= 15 is 0 Å². The van der Waals surface area contributed by atoms with E-state index in [1.165, 1.54) is 12.8 Å². The van der Waals surface area contributed by atoms with Crippen LogP contribution in [0.15, 0.2) is 66.7 Å². The van der Waals surface area contributed by atoms with E-state index in [-0.39, 0.29) is 24.2 Å². The third-order valence-electron chi connectivity index (χ3n) is 6.09. The quantitative estimate of drug-likeness (QED) is 0.671. The van der Waals surface area contributed by atoms with Crippen molar-refractivity contribution in [3.05, 3.63) is 66.7 Å². The van der Waals surface area contributed by atoms with Crippen LogP contribution < -0.4 is 15.1 Å². The van der Waals surface area contributed by atoms with Crippen LogP contribution in [0.5, 0.6) is 0 Å². The summed E-state index contributed by atoms with van der Waals surface area (Å²) in [6.45, 7) is 2.47. The van der Waals surface area contributed by atoms with Gasteiger partial charge in [-0.3, -0.25) is 9.59 Å². The molecule has 2 amide bonds. The zero-order valence-corrected chi connectivity index (χ0v) is 17.8. The van der Waals surface area contributed by atoms with Gasteiger partial charge >= 0.3 is 0 Å². The highest BCUT2D eigenvalue weighted by Crippen LogP contribution is 2.27. The number of aromatic nitrogens is 2.